The predicted molar refractivity (Wildman–Crippen MR) is 64.7 cm³/mol. The lowest BCUT2D eigenvalue weighted by atomic mass is 10.2. The van der Waals surface area contributed by atoms with E-state index in [1.807, 2.05) is 36.7 Å². The highest BCUT2D eigenvalue weighted by Crippen LogP contribution is 2.08. The van der Waals surface area contributed by atoms with Gasteiger partial charge in [-0.25, -0.2) is 0 Å². The molecule has 1 rings (SSSR count). The van der Waals surface area contributed by atoms with E-state index in [2.05, 4.69) is 17.4 Å². The minimum absolute atomic E-state index is 0.784. The number of hydrogen-bond acceptors (Lipinski definition) is 2. The van der Waals surface area contributed by atoms with Gasteiger partial charge in [-0.1, -0.05) is 54.3 Å². The van der Waals surface area contributed by atoms with Crippen LogP contribution in [-0.2, 0) is 0 Å². The van der Waals surface area contributed by atoms with Crippen molar-refractivity contribution >= 4 is 34.4 Å². The smallest absolute Gasteiger partial charge is 0.137 e. The Morgan fingerprint density at radius 2 is 2.08 bits per heavy atom. The Kier molecular flexibility index (Phi) is 4.57. The number of rotatable bonds is 2. The molecule has 0 unspecified atom stereocenters. The number of thioether (sulfide) groups is 1. The first-order valence-corrected chi connectivity index (χ1v) is 5.21. The molecular weight excluding hydrogens is 198 g/mol. The topological polar surface area (TPSA) is 12.0 Å². The Balaban J connectivity index is 2.45. The maximum absolute atomic E-state index is 4.97. The molecule has 0 fully saturated rings. The maximum Gasteiger partial charge on any atom is 0.137 e. The molecule has 0 aliphatic carbocycles. The van der Waals surface area contributed by atoms with Gasteiger partial charge in [0, 0.05) is 7.05 Å². The highest BCUT2D eigenvalue weighted by molar-refractivity contribution is 8.24. The summed E-state index contributed by atoms with van der Waals surface area (Å²) in [6.45, 7) is 0. The van der Waals surface area contributed by atoms with Gasteiger partial charge in [0.25, 0.3) is 0 Å². The van der Waals surface area contributed by atoms with Gasteiger partial charge in [0.1, 0.15) is 4.32 Å². The SMILES string of the molecule is CNC(=S)SC=Cc1ccccc1. The standard InChI is InChI=1S/C10H11NS2/c1-11-10(12)13-8-7-9-5-3-2-4-6-9/h2-8H,1H3,(H,11,12). The monoisotopic (exact) mass is 209 g/mol. The van der Waals surface area contributed by atoms with Crippen molar-refractivity contribution in [2.45, 2.75) is 0 Å². The molecule has 3 heteroatoms. The summed E-state index contributed by atoms with van der Waals surface area (Å²) in [4.78, 5) is 0. The molecule has 1 nitrogen and oxygen atoms in total. The van der Waals surface area contributed by atoms with Crippen LogP contribution in [-0.4, -0.2) is 11.4 Å². The summed E-state index contributed by atoms with van der Waals surface area (Å²) in [5, 5.41) is 4.87. The van der Waals surface area contributed by atoms with Gasteiger partial charge in [-0.15, -0.1) is 0 Å². The van der Waals surface area contributed by atoms with E-state index >= 15 is 0 Å². The molecule has 0 heterocycles. The van der Waals surface area contributed by atoms with E-state index in [0.717, 1.165) is 4.32 Å². The lowest BCUT2D eigenvalue weighted by Crippen LogP contribution is -2.09. The third-order valence-corrected chi connectivity index (χ3v) is 2.62. The molecule has 0 aromatic heterocycles. The first-order valence-electron chi connectivity index (χ1n) is 3.93. The Morgan fingerprint density at radius 1 is 1.38 bits per heavy atom. The van der Waals surface area contributed by atoms with Crippen LogP contribution in [0.4, 0.5) is 0 Å². The largest absolute Gasteiger partial charge is 0.374 e. The number of nitrogens with one attached hydrogen (secondary N) is 1. The molecule has 0 aliphatic rings. The highest BCUT2D eigenvalue weighted by Gasteiger charge is 1.87. The Morgan fingerprint density at radius 3 is 2.69 bits per heavy atom. The summed E-state index contributed by atoms with van der Waals surface area (Å²) < 4.78 is 0.784. The van der Waals surface area contributed by atoms with Gasteiger partial charge in [0.05, 0.1) is 0 Å². The van der Waals surface area contributed by atoms with Gasteiger partial charge in [-0.05, 0) is 17.0 Å². The summed E-state index contributed by atoms with van der Waals surface area (Å²) in [5.41, 5.74) is 1.19. The zero-order chi connectivity index (χ0) is 9.52. The quantitative estimate of drug-likeness (QED) is 0.752. The lowest BCUT2D eigenvalue weighted by Gasteiger charge is -1.95. The molecule has 0 spiro atoms. The van der Waals surface area contributed by atoms with Crippen LogP contribution in [0.5, 0.6) is 0 Å². The van der Waals surface area contributed by atoms with Crippen molar-refractivity contribution < 1.29 is 0 Å². The fourth-order valence-corrected chi connectivity index (χ4v) is 1.43. The predicted octanol–water partition coefficient (Wildman–Crippen LogP) is 2.89. The minimum atomic E-state index is 0.784. The molecule has 13 heavy (non-hydrogen) atoms. The van der Waals surface area contributed by atoms with Crippen LogP contribution >= 0.6 is 24.0 Å². The molecule has 0 radical (unpaired) electrons. The first kappa shape index (κ1) is 10.3. The number of hydrogen-bond donors (Lipinski definition) is 1. The van der Waals surface area contributed by atoms with Gasteiger partial charge in [0.2, 0.25) is 0 Å². The average Bonchev–Trinajstić information content (AvgIpc) is 2.19. The summed E-state index contributed by atoms with van der Waals surface area (Å²) in [7, 11) is 1.83. The third-order valence-electron chi connectivity index (χ3n) is 1.44. The molecule has 0 amide bonds. The van der Waals surface area contributed by atoms with E-state index in [1.165, 1.54) is 17.3 Å². The van der Waals surface area contributed by atoms with Gasteiger partial charge < -0.3 is 5.32 Å². The molecule has 1 aromatic carbocycles. The van der Waals surface area contributed by atoms with Gasteiger partial charge in [-0.2, -0.15) is 0 Å². The number of benzene rings is 1. The maximum atomic E-state index is 4.97. The molecule has 0 bridgehead atoms. The van der Waals surface area contributed by atoms with Crippen LogP contribution in [0.3, 0.4) is 0 Å². The molecular formula is C10H11NS2. The highest BCUT2D eigenvalue weighted by atomic mass is 32.2. The fraction of sp³-hybridized carbons (Fsp3) is 0.100. The first-order chi connectivity index (χ1) is 6.33. The van der Waals surface area contributed by atoms with E-state index in [9.17, 15) is 0 Å². The van der Waals surface area contributed by atoms with Gasteiger partial charge >= 0.3 is 0 Å². The molecule has 0 saturated heterocycles. The van der Waals surface area contributed by atoms with Crippen molar-refractivity contribution in [3.05, 3.63) is 41.3 Å². The van der Waals surface area contributed by atoms with E-state index in [0.29, 0.717) is 0 Å². The summed E-state index contributed by atoms with van der Waals surface area (Å²) in [6.07, 6.45) is 2.04. The summed E-state index contributed by atoms with van der Waals surface area (Å²) >= 11 is 6.48. The van der Waals surface area contributed by atoms with Crippen molar-refractivity contribution in [2.75, 3.05) is 7.05 Å². The molecule has 0 aliphatic heterocycles. The Labute approximate surface area is 88.2 Å². The zero-order valence-corrected chi connectivity index (χ0v) is 8.99. The van der Waals surface area contributed by atoms with Crippen LogP contribution < -0.4 is 5.32 Å². The third kappa shape index (κ3) is 4.10. The second kappa shape index (κ2) is 5.78. The lowest BCUT2D eigenvalue weighted by molar-refractivity contribution is 1.23. The Hall–Kier alpha value is -0.800. The fourth-order valence-electron chi connectivity index (χ4n) is 0.797. The van der Waals surface area contributed by atoms with Gasteiger partial charge in [-0.3, -0.25) is 0 Å². The average molecular weight is 209 g/mol. The molecule has 0 atom stereocenters. The summed E-state index contributed by atoms with van der Waals surface area (Å²) in [5.74, 6) is 0. The summed E-state index contributed by atoms with van der Waals surface area (Å²) in [6, 6.07) is 10.1. The van der Waals surface area contributed by atoms with Crippen molar-refractivity contribution in [1.29, 1.82) is 0 Å². The second-order valence-electron chi connectivity index (χ2n) is 2.37. The number of thiocarbonyl (C=S) groups is 1. The normalized spacial score (nSPS) is 10.2. The minimum Gasteiger partial charge on any atom is -0.374 e. The van der Waals surface area contributed by atoms with Crippen molar-refractivity contribution in [3.63, 3.8) is 0 Å². The van der Waals surface area contributed by atoms with Crippen molar-refractivity contribution in [1.82, 2.24) is 5.32 Å². The van der Waals surface area contributed by atoms with Crippen LogP contribution in [0.1, 0.15) is 5.56 Å². The van der Waals surface area contributed by atoms with Crippen LogP contribution in [0.15, 0.2) is 35.7 Å². The van der Waals surface area contributed by atoms with Crippen molar-refractivity contribution in [3.8, 4) is 0 Å². The molecule has 1 aromatic rings. The van der Waals surface area contributed by atoms with Crippen LogP contribution in [0.25, 0.3) is 6.08 Å². The Bertz CT molecular complexity index is 293. The molecule has 1 N–H and O–H groups in total. The molecule has 0 saturated carbocycles. The second-order valence-corrected chi connectivity index (χ2v) is 3.95. The van der Waals surface area contributed by atoms with E-state index < -0.39 is 0 Å². The van der Waals surface area contributed by atoms with Crippen LogP contribution in [0.2, 0.25) is 0 Å². The van der Waals surface area contributed by atoms with E-state index in [-0.39, 0.29) is 0 Å². The van der Waals surface area contributed by atoms with Crippen LogP contribution in [0, 0.1) is 0 Å². The molecule has 68 valence electrons. The van der Waals surface area contributed by atoms with Gasteiger partial charge in [0.15, 0.2) is 0 Å². The van der Waals surface area contributed by atoms with E-state index in [1.54, 1.807) is 0 Å². The van der Waals surface area contributed by atoms with Crippen molar-refractivity contribution in [2.24, 2.45) is 0 Å². The van der Waals surface area contributed by atoms with E-state index in [4.69, 9.17) is 12.2 Å². The zero-order valence-electron chi connectivity index (χ0n) is 7.36.